The van der Waals surface area contributed by atoms with Gasteiger partial charge in [0, 0.05) is 16.1 Å². The molecule has 0 unspecified atom stereocenters. The van der Waals surface area contributed by atoms with Crippen molar-refractivity contribution in [2.75, 3.05) is 20.0 Å². The molecular formula is C15H16BrNO3. The van der Waals surface area contributed by atoms with Crippen LogP contribution in [0.3, 0.4) is 0 Å². The molecule has 0 amide bonds. The van der Waals surface area contributed by atoms with Gasteiger partial charge in [-0.2, -0.15) is 0 Å². The zero-order valence-electron chi connectivity index (χ0n) is 11.4. The van der Waals surface area contributed by atoms with E-state index in [1.165, 1.54) is 0 Å². The molecule has 0 radical (unpaired) electrons. The highest BCUT2D eigenvalue weighted by molar-refractivity contribution is 9.10. The fourth-order valence-electron chi connectivity index (χ4n) is 1.78. The van der Waals surface area contributed by atoms with E-state index in [1.54, 1.807) is 32.4 Å². The number of hydrogen-bond donors (Lipinski definition) is 1. The summed E-state index contributed by atoms with van der Waals surface area (Å²) in [5.41, 5.74) is 7.39. The molecule has 0 aromatic heterocycles. The summed E-state index contributed by atoms with van der Waals surface area (Å²) in [6, 6.07) is 11.1. The molecule has 0 heterocycles. The van der Waals surface area contributed by atoms with Crippen LogP contribution in [0.1, 0.15) is 5.56 Å². The molecule has 2 aromatic rings. The predicted octanol–water partition coefficient (Wildman–Crippen LogP) is 3.63. The molecule has 2 rings (SSSR count). The van der Waals surface area contributed by atoms with Gasteiger partial charge in [-0.25, -0.2) is 0 Å². The van der Waals surface area contributed by atoms with Crippen LogP contribution in [0.2, 0.25) is 0 Å². The lowest BCUT2D eigenvalue weighted by molar-refractivity contribution is 0.296. The molecule has 20 heavy (non-hydrogen) atoms. The first-order valence-electron chi connectivity index (χ1n) is 6.02. The smallest absolute Gasteiger partial charge is 0.146 e. The number of anilines is 1. The zero-order chi connectivity index (χ0) is 14.5. The molecule has 0 atom stereocenters. The monoisotopic (exact) mass is 337 g/mol. The first kappa shape index (κ1) is 14.5. The average molecular weight is 338 g/mol. The van der Waals surface area contributed by atoms with Crippen molar-refractivity contribution in [3.05, 3.63) is 46.4 Å². The van der Waals surface area contributed by atoms with Gasteiger partial charge in [-0.05, 0) is 30.3 Å². The van der Waals surface area contributed by atoms with Crippen LogP contribution in [-0.4, -0.2) is 14.2 Å². The second kappa shape index (κ2) is 6.52. The molecular weight excluding hydrogens is 322 g/mol. The molecule has 0 aliphatic heterocycles. The molecule has 0 saturated heterocycles. The third-order valence-electron chi connectivity index (χ3n) is 2.85. The summed E-state index contributed by atoms with van der Waals surface area (Å²) in [5, 5.41) is 0. The third-order valence-corrected chi connectivity index (χ3v) is 3.34. The van der Waals surface area contributed by atoms with Crippen LogP contribution < -0.4 is 19.9 Å². The molecule has 2 N–H and O–H groups in total. The maximum Gasteiger partial charge on any atom is 0.146 e. The Balaban J connectivity index is 2.18. The van der Waals surface area contributed by atoms with Crippen molar-refractivity contribution in [1.82, 2.24) is 0 Å². The Kier molecular flexibility index (Phi) is 4.74. The fraction of sp³-hybridized carbons (Fsp3) is 0.200. The maximum absolute atomic E-state index is 5.89. The van der Waals surface area contributed by atoms with Crippen LogP contribution in [-0.2, 0) is 6.61 Å². The Bertz CT molecular complexity index is 602. The Morgan fingerprint density at radius 1 is 1.00 bits per heavy atom. The number of nitrogen functional groups attached to an aromatic ring is 1. The van der Waals surface area contributed by atoms with Gasteiger partial charge >= 0.3 is 0 Å². The second-order valence-electron chi connectivity index (χ2n) is 4.15. The van der Waals surface area contributed by atoms with Gasteiger partial charge in [0.1, 0.15) is 23.9 Å². The molecule has 0 bridgehead atoms. The zero-order valence-corrected chi connectivity index (χ0v) is 12.9. The van der Waals surface area contributed by atoms with E-state index >= 15 is 0 Å². The number of methoxy groups -OCH3 is 2. The van der Waals surface area contributed by atoms with Gasteiger partial charge < -0.3 is 19.9 Å². The quantitative estimate of drug-likeness (QED) is 0.846. The minimum Gasteiger partial charge on any atom is -0.497 e. The van der Waals surface area contributed by atoms with Crippen LogP contribution >= 0.6 is 15.9 Å². The lowest BCUT2D eigenvalue weighted by Gasteiger charge is -2.13. The molecule has 0 spiro atoms. The predicted molar refractivity (Wildman–Crippen MR) is 82.4 cm³/mol. The van der Waals surface area contributed by atoms with E-state index in [0.717, 1.165) is 15.8 Å². The van der Waals surface area contributed by atoms with Crippen LogP contribution in [0.4, 0.5) is 5.69 Å². The van der Waals surface area contributed by atoms with E-state index in [2.05, 4.69) is 15.9 Å². The van der Waals surface area contributed by atoms with E-state index in [0.29, 0.717) is 23.8 Å². The minimum atomic E-state index is 0.361. The molecule has 0 saturated carbocycles. The maximum atomic E-state index is 5.89. The number of hydrogen-bond acceptors (Lipinski definition) is 4. The van der Waals surface area contributed by atoms with Crippen molar-refractivity contribution in [2.45, 2.75) is 6.61 Å². The highest BCUT2D eigenvalue weighted by atomic mass is 79.9. The molecule has 0 aliphatic rings. The first-order valence-corrected chi connectivity index (χ1v) is 6.82. The van der Waals surface area contributed by atoms with Gasteiger partial charge in [0.05, 0.1) is 19.9 Å². The molecule has 5 heteroatoms. The number of ether oxygens (including phenoxy) is 3. The molecule has 0 fully saturated rings. The van der Waals surface area contributed by atoms with E-state index in [9.17, 15) is 0 Å². The minimum absolute atomic E-state index is 0.361. The summed E-state index contributed by atoms with van der Waals surface area (Å²) in [5.74, 6) is 2.07. The average Bonchev–Trinajstić information content (AvgIpc) is 2.46. The molecule has 2 aromatic carbocycles. The summed E-state index contributed by atoms with van der Waals surface area (Å²) in [6.45, 7) is 0.361. The fourth-order valence-corrected chi connectivity index (χ4v) is 2.19. The first-order chi connectivity index (χ1) is 9.63. The standard InChI is InChI=1S/C15H16BrNO3/c1-18-12-4-5-13(17)15(8-12)20-9-10-7-11(16)3-6-14(10)19-2/h3-8H,9,17H2,1-2H3. The second-order valence-corrected chi connectivity index (χ2v) is 5.06. The lowest BCUT2D eigenvalue weighted by atomic mass is 10.2. The lowest BCUT2D eigenvalue weighted by Crippen LogP contribution is -2.01. The Morgan fingerprint density at radius 2 is 1.80 bits per heavy atom. The van der Waals surface area contributed by atoms with Gasteiger partial charge in [0.2, 0.25) is 0 Å². The molecule has 4 nitrogen and oxygen atoms in total. The van der Waals surface area contributed by atoms with E-state index in [-0.39, 0.29) is 0 Å². The Morgan fingerprint density at radius 3 is 2.50 bits per heavy atom. The molecule has 0 aliphatic carbocycles. The van der Waals surface area contributed by atoms with Crippen LogP contribution in [0.5, 0.6) is 17.2 Å². The van der Waals surface area contributed by atoms with Gasteiger partial charge in [-0.3, -0.25) is 0 Å². The highest BCUT2D eigenvalue weighted by Crippen LogP contribution is 2.29. The topological polar surface area (TPSA) is 53.7 Å². The van der Waals surface area contributed by atoms with Crippen LogP contribution in [0.15, 0.2) is 40.9 Å². The Labute approximate surface area is 126 Å². The summed E-state index contributed by atoms with van der Waals surface area (Å²) < 4.78 is 17.2. The van der Waals surface area contributed by atoms with E-state index in [4.69, 9.17) is 19.9 Å². The summed E-state index contributed by atoms with van der Waals surface area (Å²) in [4.78, 5) is 0. The third kappa shape index (κ3) is 3.36. The van der Waals surface area contributed by atoms with Crippen molar-refractivity contribution in [3.63, 3.8) is 0 Å². The van der Waals surface area contributed by atoms with Crippen molar-refractivity contribution >= 4 is 21.6 Å². The number of nitrogens with two attached hydrogens (primary N) is 1. The summed E-state index contributed by atoms with van der Waals surface area (Å²) in [6.07, 6.45) is 0. The Hall–Kier alpha value is -1.88. The largest absolute Gasteiger partial charge is 0.497 e. The number of rotatable bonds is 5. The number of benzene rings is 2. The van der Waals surface area contributed by atoms with Crippen molar-refractivity contribution in [2.24, 2.45) is 0 Å². The summed E-state index contributed by atoms with van der Waals surface area (Å²) in [7, 11) is 3.24. The highest BCUT2D eigenvalue weighted by Gasteiger charge is 2.07. The normalized spacial score (nSPS) is 10.2. The van der Waals surface area contributed by atoms with Crippen molar-refractivity contribution in [1.29, 1.82) is 0 Å². The van der Waals surface area contributed by atoms with Gasteiger partial charge in [0.25, 0.3) is 0 Å². The van der Waals surface area contributed by atoms with Crippen molar-refractivity contribution < 1.29 is 14.2 Å². The van der Waals surface area contributed by atoms with E-state index < -0.39 is 0 Å². The van der Waals surface area contributed by atoms with E-state index in [1.807, 2.05) is 18.2 Å². The SMILES string of the molecule is COc1ccc(N)c(OCc2cc(Br)ccc2OC)c1. The van der Waals surface area contributed by atoms with Crippen LogP contribution in [0, 0.1) is 0 Å². The van der Waals surface area contributed by atoms with Gasteiger partial charge in [-0.15, -0.1) is 0 Å². The van der Waals surface area contributed by atoms with Crippen LogP contribution in [0.25, 0.3) is 0 Å². The number of halogens is 1. The van der Waals surface area contributed by atoms with Gasteiger partial charge in [0.15, 0.2) is 0 Å². The van der Waals surface area contributed by atoms with Crippen molar-refractivity contribution in [3.8, 4) is 17.2 Å². The molecule has 106 valence electrons. The van der Waals surface area contributed by atoms with Gasteiger partial charge in [-0.1, -0.05) is 15.9 Å². The summed E-state index contributed by atoms with van der Waals surface area (Å²) >= 11 is 3.43.